The fraction of sp³-hybridized carbons (Fsp3) is 0.176. The molecule has 0 saturated carbocycles. The molecule has 1 aromatic carbocycles. The second kappa shape index (κ2) is 7.20. The lowest BCUT2D eigenvalue weighted by molar-refractivity contribution is -0.274. The molecule has 0 aliphatic carbocycles. The van der Waals surface area contributed by atoms with Crippen LogP contribution >= 0.6 is 11.3 Å². The standard InChI is InChI=1S/C17H14F3N3O2S/c1-23-14(15-3-2-8-26-15)9-12(22-23)10-21-16(24)11-4-6-13(7-5-11)25-17(18,19)20/h2-9H,10H2,1H3,(H,21,24). The van der Waals surface area contributed by atoms with E-state index < -0.39 is 12.3 Å². The fourth-order valence-electron chi connectivity index (χ4n) is 2.35. The number of aromatic nitrogens is 2. The molecule has 2 aromatic heterocycles. The van der Waals surface area contributed by atoms with Gasteiger partial charge >= 0.3 is 6.36 Å². The number of hydrogen-bond donors (Lipinski definition) is 1. The van der Waals surface area contributed by atoms with E-state index in [9.17, 15) is 18.0 Å². The van der Waals surface area contributed by atoms with Crippen molar-refractivity contribution < 1.29 is 22.7 Å². The van der Waals surface area contributed by atoms with Gasteiger partial charge in [0.15, 0.2) is 0 Å². The van der Waals surface area contributed by atoms with E-state index in [0.29, 0.717) is 5.69 Å². The predicted molar refractivity (Wildman–Crippen MR) is 90.8 cm³/mol. The van der Waals surface area contributed by atoms with Gasteiger partial charge in [-0.05, 0) is 41.8 Å². The highest BCUT2D eigenvalue weighted by Gasteiger charge is 2.31. The summed E-state index contributed by atoms with van der Waals surface area (Å²) in [5, 5.41) is 9.01. The van der Waals surface area contributed by atoms with Gasteiger partial charge in [0.2, 0.25) is 0 Å². The first-order valence-electron chi connectivity index (χ1n) is 7.52. The lowest BCUT2D eigenvalue weighted by atomic mass is 10.2. The van der Waals surface area contributed by atoms with E-state index in [1.807, 2.05) is 30.6 Å². The van der Waals surface area contributed by atoms with Crippen molar-refractivity contribution in [3.8, 4) is 16.3 Å². The van der Waals surface area contributed by atoms with Crippen molar-refractivity contribution >= 4 is 17.2 Å². The van der Waals surface area contributed by atoms with Gasteiger partial charge in [-0.25, -0.2) is 0 Å². The Hall–Kier alpha value is -2.81. The smallest absolute Gasteiger partial charge is 0.406 e. The molecule has 0 atom stereocenters. The Labute approximate surface area is 151 Å². The summed E-state index contributed by atoms with van der Waals surface area (Å²) in [6, 6.07) is 10.5. The van der Waals surface area contributed by atoms with Gasteiger partial charge in [0.05, 0.1) is 22.8 Å². The second-order valence-electron chi connectivity index (χ2n) is 5.38. The van der Waals surface area contributed by atoms with Crippen molar-refractivity contribution in [3.05, 3.63) is 59.1 Å². The Bertz CT molecular complexity index is 887. The Kier molecular flexibility index (Phi) is 4.99. The number of thiophene rings is 1. The third kappa shape index (κ3) is 4.42. The van der Waals surface area contributed by atoms with Crippen LogP contribution in [0.25, 0.3) is 10.6 Å². The van der Waals surface area contributed by atoms with Crippen LogP contribution in [0.3, 0.4) is 0 Å². The molecule has 0 aliphatic rings. The van der Waals surface area contributed by atoms with E-state index in [1.54, 1.807) is 16.0 Å². The number of carbonyl (C=O) groups excluding carboxylic acids is 1. The molecule has 0 aliphatic heterocycles. The number of alkyl halides is 3. The van der Waals surface area contributed by atoms with Crippen LogP contribution in [0.4, 0.5) is 13.2 Å². The van der Waals surface area contributed by atoms with Crippen molar-refractivity contribution in [3.63, 3.8) is 0 Å². The molecule has 1 amide bonds. The van der Waals surface area contributed by atoms with E-state index >= 15 is 0 Å². The lowest BCUT2D eigenvalue weighted by Gasteiger charge is -2.09. The molecule has 5 nitrogen and oxygen atoms in total. The van der Waals surface area contributed by atoms with Crippen LogP contribution in [-0.2, 0) is 13.6 Å². The molecule has 9 heteroatoms. The number of aryl methyl sites for hydroxylation is 1. The molecule has 0 unspecified atom stereocenters. The Morgan fingerprint density at radius 1 is 1.27 bits per heavy atom. The molecular weight excluding hydrogens is 367 g/mol. The molecule has 3 aromatic rings. The van der Waals surface area contributed by atoms with Crippen molar-refractivity contribution in [1.82, 2.24) is 15.1 Å². The van der Waals surface area contributed by atoms with Gasteiger partial charge in [-0.15, -0.1) is 24.5 Å². The second-order valence-corrected chi connectivity index (χ2v) is 6.32. The monoisotopic (exact) mass is 381 g/mol. The summed E-state index contributed by atoms with van der Waals surface area (Å²) in [7, 11) is 1.82. The zero-order valence-corrected chi connectivity index (χ0v) is 14.4. The first-order valence-corrected chi connectivity index (χ1v) is 8.40. The van der Waals surface area contributed by atoms with E-state index in [0.717, 1.165) is 22.7 Å². The number of rotatable bonds is 5. The number of carbonyl (C=O) groups is 1. The third-order valence-electron chi connectivity index (χ3n) is 3.48. The molecule has 0 fully saturated rings. The van der Waals surface area contributed by atoms with Gasteiger partial charge in [-0.3, -0.25) is 9.48 Å². The van der Waals surface area contributed by atoms with E-state index in [4.69, 9.17) is 0 Å². The molecule has 2 heterocycles. The molecule has 136 valence electrons. The van der Waals surface area contributed by atoms with Crippen molar-refractivity contribution in [2.75, 3.05) is 0 Å². The summed E-state index contributed by atoms with van der Waals surface area (Å²) < 4.78 is 41.9. The molecule has 0 bridgehead atoms. The number of benzene rings is 1. The van der Waals surface area contributed by atoms with E-state index in [-0.39, 0.29) is 17.9 Å². The number of nitrogens with one attached hydrogen (secondary N) is 1. The maximum absolute atomic E-state index is 12.1. The molecule has 0 spiro atoms. The van der Waals surface area contributed by atoms with Gasteiger partial charge in [-0.2, -0.15) is 5.10 Å². The molecular formula is C17H14F3N3O2S. The van der Waals surface area contributed by atoms with Crippen LogP contribution in [0, 0.1) is 0 Å². The molecule has 1 N–H and O–H groups in total. The Balaban J connectivity index is 1.61. The van der Waals surface area contributed by atoms with Crippen LogP contribution in [0.2, 0.25) is 0 Å². The quantitative estimate of drug-likeness (QED) is 0.727. The maximum atomic E-state index is 12.1. The fourth-order valence-corrected chi connectivity index (χ4v) is 3.12. The van der Waals surface area contributed by atoms with Crippen LogP contribution in [0.15, 0.2) is 47.8 Å². The maximum Gasteiger partial charge on any atom is 0.573 e. The summed E-state index contributed by atoms with van der Waals surface area (Å²) in [6.45, 7) is 0.207. The lowest BCUT2D eigenvalue weighted by Crippen LogP contribution is -2.23. The third-order valence-corrected chi connectivity index (χ3v) is 4.38. The molecule has 0 radical (unpaired) electrons. The minimum Gasteiger partial charge on any atom is -0.406 e. The van der Waals surface area contributed by atoms with Crippen molar-refractivity contribution in [2.45, 2.75) is 12.9 Å². The minimum absolute atomic E-state index is 0.207. The van der Waals surface area contributed by atoms with Crippen LogP contribution in [0.1, 0.15) is 16.1 Å². The summed E-state index contributed by atoms with van der Waals surface area (Å²) in [5.41, 5.74) is 1.85. The first kappa shape index (κ1) is 18.0. The number of ether oxygens (including phenoxy) is 1. The van der Waals surface area contributed by atoms with Gasteiger partial charge in [0.1, 0.15) is 5.75 Å². The predicted octanol–water partition coefficient (Wildman–Crippen LogP) is 3.98. The SMILES string of the molecule is Cn1nc(CNC(=O)c2ccc(OC(F)(F)F)cc2)cc1-c1cccs1. The summed E-state index contributed by atoms with van der Waals surface area (Å²) in [4.78, 5) is 13.2. The number of amides is 1. The minimum atomic E-state index is -4.76. The molecule has 0 saturated heterocycles. The normalized spacial score (nSPS) is 11.4. The Morgan fingerprint density at radius 3 is 2.62 bits per heavy atom. The van der Waals surface area contributed by atoms with Gasteiger partial charge in [-0.1, -0.05) is 6.07 Å². The highest BCUT2D eigenvalue weighted by atomic mass is 32.1. The zero-order chi connectivity index (χ0) is 18.7. The van der Waals surface area contributed by atoms with Crippen LogP contribution in [-0.4, -0.2) is 22.1 Å². The average Bonchev–Trinajstić information content (AvgIpc) is 3.21. The van der Waals surface area contributed by atoms with Crippen molar-refractivity contribution in [1.29, 1.82) is 0 Å². The van der Waals surface area contributed by atoms with Gasteiger partial charge in [0, 0.05) is 12.6 Å². The van der Waals surface area contributed by atoms with Gasteiger partial charge < -0.3 is 10.1 Å². The van der Waals surface area contributed by atoms with E-state index in [2.05, 4.69) is 15.2 Å². The summed E-state index contributed by atoms with van der Waals surface area (Å²) in [6.07, 6.45) is -4.76. The number of halogens is 3. The number of hydrogen-bond acceptors (Lipinski definition) is 4. The summed E-state index contributed by atoms with van der Waals surface area (Å²) in [5.74, 6) is -0.786. The highest BCUT2D eigenvalue weighted by molar-refractivity contribution is 7.13. The highest BCUT2D eigenvalue weighted by Crippen LogP contribution is 2.25. The number of nitrogens with zero attached hydrogens (tertiary/aromatic N) is 2. The Morgan fingerprint density at radius 2 is 2.00 bits per heavy atom. The van der Waals surface area contributed by atoms with Crippen LogP contribution < -0.4 is 10.1 Å². The topological polar surface area (TPSA) is 56.2 Å². The van der Waals surface area contributed by atoms with Crippen LogP contribution in [0.5, 0.6) is 5.75 Å². The van der Waals surface area contributed by atoms with Crippen molar-refractivity contribution in [2.24, 2.45) is 7.05 Å². The average molecular weight is 381 g/mol. The van der Waals surface area contributed by atoms with Gasteiger partial charge in [0.25, 0.3) is 5.91 Å². The largest absolute Gasteiger partial charge is 0.573 e. The molecule has 3 rings (SSSR count). The zero-order valence-electron chi connectivity index (χ0n) is 13.6. The molecule has 26 heavy (non-hydrogen) atoms. The summed E-state index contributed by atoms with van der Waals surface area (Å²) >= 11 is 1.59. The first-order chi connectivity index (χ1) is 12.3. The van der Waals surface area contributed by atoms with E-state index in [1.165, 1.54) is 12.1 Å².